The molecular formula is C11H13N3. The molecule has 0 bridgehead atoms. The molecule has 3 nitrogen and oxygen atoms in total. The highest BCUT2D eigenvalue weighted by molar-refractivity contribution is 5.58. The van der Waals surface area contributed by atoms with E-state index in [1.807, 2.05) is 18.5 Å². The van der Waals surface area contributed by atoms with Crippen molar-refractivity contribution in [1.29, 1.82) is 0 Å². The van der Waals surface area contributed by atoms with E-state index in [2.05, 4.69) is 35.1 Å². The first-order chi connectivity index (χ1) is 6.77. The van der Waals surface area contributed by atoms with Crippen LogP contribution in [-0.2, 0) is 0 Å². The third kappa shape index (κ3) is 1.66. The summed E-state index contributed by atoms with van der Waals surface area (Å²) in [5, 5.41) is 6.85. The molecule has 0 aromatic carbocycles. The van der Waals surface area contributed by atoms with Gasteiger partial charge in [-0.2, -0.15) is 5.10 Å². The third-order valence-electron chi connectivity index (χ3n) is 2.24. The number of rotatable bonds is 2. The predicted octanol–water partition coefficient (Wildman–Crippen LogP) is 2.60. The van der Waals surface area contributed by atoms with E-state index in [9.17, 15) is 0 Å². The quantitative estimate of drug-likeness (QED) is 0.785. The minimum atomic E-state index is 0.505. The molecule has 0 radical (unpaired) electrons. The van der Waals surface area contributed by atoms with Gasteiger partial charge in [0.2, 0.25) is 0 Å². The Bertz CT molecular complexity index is 404. The van der Waals surface area contributed by atoms with Crippen molar-refractivity contribution in [3.05, 3.63) is 36.3 Å². The topological polar surface area (TPSA) is 41.6 Å². The van der Waals surface area contributed by atoms with Gasteiger partial charge < -0.3 is 0 Å². The van der Waals surface area contributed by atoms with Gasteiger partial charge in [-0.15, -0.1) is 0 Å². The molecule has 3 heteroatoms. The molecule has 2 rings (SSSR count). The maximum Gasteiger partial charge on any atom is 0.0665 e. The fraction of sp³-hybridized carbons (Fsp3) is 0.273. The van der Waals surface area contributed by atoms with Crippen LogP contribution in [0.2, 0.25) is 0 Å². The molecule has 0 atom stereocenters. The Morgan fingerprint density at radius 1 is 1.29 bits per heavy atom. The first kappa shape index (κ1) is 8.94. The molecule has 72 valence electrons. The molecule has 2 aromatic heterocycles. The summed E-state index contributed by atoms with van der Waals surface area (Å²) in [7, 11) is 0. The van der Waals surface area contributed by atoms with Gasteiger partial charge in [0.05, 0.1) is 5.69 Å². The number of pyridine rings is 1. The van der Waals surface area contributed by atoms with Gasteiger partial charge in [0.1, 0.15) is 0 Å². The van der Waals surface area contributed by atoms with Crippen LogP contribution in [-0.4, -0.2) is 15.2 Å². The summed E-state index contributed by atoms with van der Waals surface area (Å²) in [5.41, 5.74) is 3.35. The monoisotopic (exact) mass is 187 g/mol. The minimum Gasteiger partial charge on any atom is -0.278 e. The maximum absolute atomic E-state index is 4.21. The number of nitrogens with one attached hydrogen (secondary N) is 1. The number of hydrogen-bond donors (Lipinski definition) is 1. The molecule has 0 unspecified atom stereocenters. The smallest absolute Gasteiger partial charge is 0.0665 e. The van der Waals surface area contributed by atoms with Crippen LogP contribution < -0.4 is 0 Å². The Kier molecular flexibility index (Phi) is 2.31. The van der Waals surface area contributed by atoms with Gasteiger partial charge in [-0.1, -0.05) is 13.8 Å². The van der Waals surface area contributed by atoms with Crippen LogP contribution in [0.5, 0.6) is 0 Å². The van der Waals surface area contributed by atoms with E-state index in [0.717, 1.165) is 11.3 Å². The molecule has 0 aliphatic heterocycles. The first-order valence-electron chi connectivity index (χ1n) is 4.72. The number of hydrogen-bond acceptors (Lipinski definition) is 2. The van der Waals surface area contributed by atoms with E-state index in [-0.39, 0.29) is 0 Å². The van der Waals surface area contributed by atoms with E-state index in [1.54, 1.807) is 6.20 Å². The van der Waals surface area contributed by atoms with E-state index in [0.29, 0.717) is 5.92 Å². The number of aromatic amines is 1. The molecule has 0 amide bonds. The first-order valence-corrected chi connectivity index (χ1v) is 4.72. The second kappa shape index (κ2) is 3.62. The molecule has 0 saturated heterocycles. The zero-order chi connectivity index (χ0) is 9.97. The average molecular weight is 187 g/mol. The highest BCUT2D eigenvalue weighted by Gasteiger charge is 2.03. The summed E-state index contributed by atoms with van der Waals surface area (Å²) in [5.74, 6) is 0.505. The van der Waals surface area contributed by atoms with Crippen LogP contribution >= 0.6 is 0 Å². The van der Waals surface area contributed by atoms with Gasteiger partial charge in [0, 0.05) is 24.2 Å². The highest BCUT2D eigenvalue weighted by Crippen LogP contribution is 2.20. The van der Waals surface area contributed by atoms with Crippen molar-refractivity contribution in [1.82, 2.24) is 15.2 Å². The van der Waals surface area contributed by atoms with E-state index >= 15 is 0 Å². The van der Waals surface area contributed by atoms with Crippen molar-refractivity contribution in [3.8, 4) is 11.3 Å². The summed E-state index contributed by atoms with van der Waals surface area (Å²) in [6, 6.07) is 4.09. The van der Waals surface area contributed by atoms with Crippen molar-refractivity contribution >= 4 is 0 Å². The summed E-state index contributed by atoms with van der Waals surface area (Å²) in [4.78, 5) is 4.21. The SMILES string of the molecule is CC(C)c1cncc(-c2ccn[nH]2)c1. The zero-order valence-corrected chi connectivity index (χ0v) is 8.36. The van der Waals surface area contributed by atoms with Gasteiger partial charge >= 0.3 is 0 Å². The fourth-order valence-corrected chi connectivity index (χ4v) is 1.34. The standard InChI is InChI=1S/C11H13N3/c1-8(2)9-5-10(7-12-6-9)11-3-4-13-14-11/h3-8H,1-2H3,(H,13,14). The Labute approximate surface area is 83.2 Å². The molecule has 0 aliphatic rings. The molecule has 0 saturated carbocycles. The number of aromatic nitrogens is 3. The van der Waals surface area contributed by atoms with Crippen LogP contribution in [0, 0.1) is 0 Å². The minimum absolute atomic E-state index is 0.505. The van der Waals surface area contributed by atoms with Gasteiger partial charge in [-0.3, -0.25) is 10.1 Å². The second-order valence-corrected chi connectivity index (χ2v) is 3.63. The van der Waals surface area contributed by atoms with Crippen molar-refractivity contribution < 1.29 is 0 Å². The molecule has 14 heavy (non-hydrogen) atoms. The normalized spacial score (nSPS) is 10.8. The lowest BCUT2D eigenvalue weighted by atomic mass is 10.0. The Morgan fingerprint density at radius 3 is 2.79 bits per heavy atom. The lowest BCUT2D eigenvalue weighted by Gasteiger charge is -2.05. The highest BCUT2D eigenvalue weighted by atomic mass is 15.1. The molecule has 1 N–H and O–H groups in total. The number of H-pyrrole nitrogens is 1. The van der Waals surface area contributed by atoms with Crippen LogP contribution in [0.4, 0.5) is 0 Å². The summed E-state index contributed by atoms with van der Waals surface area (Å²) in [6.45, 7) is 4.32. The van der Waals surface area contributed by atoms with Gasteiger partial charge in [-0.05, 0) is 23.6 Å². The van der Waals surface area contributed by atoms with Crippen LogP contribution in [0.3, 0.4) is 0 Å². The summed E-state index contributed by atoms with van der Waals surface area (Å²) < 4.78 is 0. The third-order valence-corrected chi connectivity index (χ3v) is 2.24. The van der Waals surface area contributed by atoms with E-state index in [1.165, 1.54) is 5.56 Å². The lowest BCUT2D eigenvalue weighted by molar-refractivity contribution is 0.858. The van der Waals surface area contributed by atoms with Crippen LogP contribution in [0.25, 0.3) is 11.3 Å². The Morgan fingerprint density at radius 2 is 2.14 bits per heavy atom. The maximum atomic E-state index is 4.21. The molecule has 2 heterocycles. The Hall–Kier alpha value is -1.64. The van der Waals surface area contributed by atoms with Crippen molar-refractivity contribution in [2.45, 2.75) is 19.8 Å². The predicted molar refractivity (Wildman–Crippen MR) is 55.9 cm³/mol. The van der Waals surface area contributed by atoms with Crippen molar-refractivity contribution in [2.75, 3.05) is 0 Å². The molecule has 0 fully saturated rings. The van der Waals surface area contributed by atoms with Crippen molar-refractivity contribution in [2.24, 2.45) is 0 Å². The summed E-state index contributed by atoms with van der Waals surface area (Å²) in [6.07, 6.45) is 5.50. The largest absolute Gasteiger partial charge is 0.278 e. The molecule has 0 aliphatic carbocycles. The lowest BCUT2D eigenvalue weighted by Crippen LogP contribution is -1.90. The van der Waals surface area contributed by atoms with Gasteiger partial charge in [0.15, 0.2) is 0 Å². The summed E-state index contributed by atoms with van der Waals surface area (Å²) >= 11 is 0. The number of nitrogens with zero attached hydrogens (tertiary/aromatic N) is 2. The average Bonchev–Trinajstić information content (AvgIpc) is 2.71. The van der Waals surface area contributed by atoms with Gasteiger partial charge in [0.25, 0.3) is 0 Å². The van der Waals surface area contributed by atoms with Crippen molar-refractivity contribution in [3.63, 3.8) is 0 Å². The molecular weight excluding hydrogens is 174 g/mol. The van der Waals surface area contributed by atoms with Crippen LogP contribution in [0.1, 0.15) is 25.3 Å². The molecule has 2 aromatic rings. The fourth-order valence-electron chi connectivity index (χ4n) is 1.34. The van der Waals surface area contributed by atoms with Crippen LogP contribution in [0.15, 0.2) is 30.7 Å². The van der Waals surface area contributed by atoms with E-state index < -0.39 is 0 Å². The zero-order valence-electron chi connectivity index (χ0n) is 8.36. The molecule has 0 spiro atoms. The Balaban J connectivity index is 2.41. The van der Waals surface area contributed by atoms with Gasteiger partial charge in [-0.25, -0.2) is 0 Å². The second-order valence-electron chi connectivity index (χ2n) is 3.63. The van der Waals surface area contributed by atoms with E-state index in [4.69, 9.17) is 0 Å².